The zero-order valence-electron chi connectivity index (χ0n) is 20.2. The van der Waals surface area contributed by atoms with Crippen LogP contribution in [0.15, 0.2) is 52.1 Å². The van der Waals surface area contributed by atoms with Crippen LogP contribution in [-0.2, 0) is 6.42 Å². The molecule has 0 saturated carbocycles. The van der Waals surface area contributed by atoms with Gasteiger partial charge in [0, 0.05) is 21.1 Å². The molecule has 2 unspecified atom stereocenters. The summed E-state index contributed by atoms with van der Waals surface area (Å²) in [4.78, 5) is 0. The Bertz CT molecular complexity index is 752. The lowest BCUT2D eigenvalue weighted by atomic mass is 9.73. The Morgan fingerprint density at radius 3 is 2.34 bits per heavy atom. The Hall–Kier alpha value is -0.920. The largest absolute Gasteiger partial charge is 0.383 e. The van der Waals surface area contributed by atoms with Crippen molar-refractivity contribution >= 4 is 31.9 Å². The van der Waals surface area contributed by atoms with Crippen molar-refractivity contribution in [2.75, 3.05) is 33.7 Å². The minimum Gasteiger partial charge on any atom is -0.383 e. The molecule has 4 nitrogen and oxygen atoms in total. The van der Waals surface area contributed by atoms with Crippen LogP contribution in [0.5, 0.6) is 0 Å². The van der Waals surface area contributed by atoms with Crippen LogP contribution in [0.1, 0.15) is 48.8 Å². The second kappa shape index (κ2) is 15.8. The molecule has 0 aromatic heterocycles. The van der Waals surface area contributed by atoms with Gasteiger partial charge in [-0.05, 0) is 123 Å². The normalized spacial score (nSPS) is 21.7. The first-order valence-electron chi connectivity index (χ1n) is 11.6. The first kappa shape index (κ1) is 29.1. The van der Waals surface area contributed by atoms with Crippen molar-refractivity contribution in [2.24, 2.45) is 11.7 Å². The van der Waals surface area contributed by atoms with Crippen molar-refractivity contribution in [2.45, 2.75) is 51.5 Å². The van der Waals surface area contributed by atoms with E-state index in [2.05, 4.69) is 105 Å². The van der Waals surface area contributed by atoms with E-state index in [0.29, 0.717) is 12.0 Å². The fourth-order valence-corrected chi connectivity index (χ4v) is 6.02. The van der Waals surface area contributed by atoms with E-state index in [9.17, 15) is 0 Å². The maximum Gasteiger partial charge on any atom is 0.0543 e. The Kier molecular flexibility index (Phi) is 14.4. The highest BCUT2D eigenvalue weighted by Crippen LogP contribution is 2.46. The molecule has 0 amide bonds. The number of hydrogen-bond acceptors (Lipinski definition) is 4. The standard InChI is InChI=1S/C20H24Br2N2.C3H9N.C2H4.CH5N/c1-12-8-14-2-3-15-10-16(21)11-24-20(15)19(18(14)17(22)9-12)13-4-6-23-7-5-13;1-3-4-2;2*1-2/h8-11,13,19-20,23-24H,2-7H2,1H3;4H,3H2,1-2H3;1-2H2;2H2,1H3. The quantitative estimate of drug-likeness (QED) is 0.354. The zero-order valence-corrected chi connectivity index (χ0v) is 23.4. The van der Waals surface area contributed by atoms with Gasteiger partial charge in [-0.15, -0.1) is 13.2 Å². The summed E-state index contributed by atoms with van der Waals surface area (Å²) in [6.07, 6.45) is 9.30. The highest BCUT2D eigenvalue weighted by atomic mass is 79.9. The van der Waals surface area contributed by atoms with Crippen molar-refractivity contribution in [3.05, 3.63) is 68.8 Å². The first-order valence-corrected chi connectivity index (χ1v) is 13.2. The summed E-state index contributed by atoms with van der Waals surface area (Å²) in [5, 5.41) is 10.2. The number of benzene rings is 1. The van der Waals surface area contributed by atoms with E-state index in [0.717, 1.165) is 38.4 Å². The summed E-state index contributed by atoms with van der Waals surface area (Å²) in [5.41, 5.74) is 10.5. The lowest BCUT2D eigenvalue weighted by Crippen LogP contribution is -2.41. The molecule has 32 heavy (non-hydrogen) atoms. The molecule has 0 spiro atoms. The fourth-order valence-electron chi connectivity index (χ4n) is 4.71. The number of allylic oxidation sites excluding steroid dienone is 2. The van der Waals surface area contributed by atoms with Gasteiger partial charge in [-0.2, -0.15) is 0 Å². The van der Waals surface area contributed by atoms with E-state index in [4.69, 9.17) is 0 Å². The average molecular weight is 570 g/mol. The Labute approximate surface area is 212 Å². The van der Waals surface area contributed by atoms with Crippen molar-refractivity contribution in [1.82, 2.24) is 16.0 Å². The van der Waals surface area contributed by atoms with Crippen LogP contribution < -0.4 is 21.7 Å². The molecular weight excluding hydrogens is 528 g/mol. The number of halogens is 2. The van der Waals surface area contributed by atoms with Gasteiger partial charge in [-0.1, -0.05) is 28.9 Å². The van der Waals surface area contributed by atoms with E-state index in [1.54, 1.807) is 16.7 Å². The predicted octanol–water partition coefficient (Wildman–Crippen LogP) is 5.52. The molecule has 180 valence electrons. The summed E-state index contributed by atoms with van der Waals surface area (Å²) in [7, 11) is 3.43. The molecular formula is C26H42Br2N4. The summed E-state index contributed by atoms with van der Waals surface area (Å²) in [6, 6.07) is 5.14. The van der Waals surface area contributed by atoms with Crippen molar-refractivity contribution in [3.8, 4) is 0 Å². The maximum atomic E-state index is 4.50. The van der Waals surface area contributed by atoms with Crippen LogP contribution in [0, 0.1) is 12.8 Å². The highest BCUT2D eigenvalue weighted by molar-refractivity contribution is 9.12. The summed E-state index contributed by atoms with van der Waals surface area (Å²) >= 11 is 7.57. The molecule has 1 aromatic carbocycles. The van der Waals surface area contributed by atoms with Crippen LogP contribution in [0.3, 0.4) is 0 Å². The molecule has 2 aliphatic heterocycles. The average Bonchev–Trinajstić information content (AvgIpc) is 2.99. The SMILES string of the molecule is C=C.CCNC.CN.Cc1cc(Br)c2c(c1)CCC1=CC(Br)=CNC1C2C1CCNCC1. The van der Waals surface area contributed by atoms with Crippen molar-refractivity contribution in [1.29, 1.82) is 0 Å². The molecule has 1 fully saturated rings. The topological polar surface area (TPSA) is 62.1 Å². The fraction of sp³-hybridized carbons (Fsp3) is 0.538. The summed E-state index contributed by atoms with van der Waals surface area (Å²) < 4.78 is 2.47. The molecule has 1 aromatic rings. The highest BCUT2D eigenvalue weighted by Gasteiger charge is 2.38. The van der Waals surface area contributed by atoms with Gasteiger partial charge < -0.3 is 21.7 Å². The van der Waals surface area contributed by atoms with Crippen molar-refractivity contribution in [3.63, 3.8) is 0 Å². The Morgan fingerprint density at radius 2 is 1.75 bits per heavy atom. The number of rotatable bonds is 2. The van der Waals surface area contributed by atoms with Gasteiger partial charge >= 0.3 is 0 Å². The third-order valence-electron chi connectivity index (χ3n) is 6.10. The van der Waals surface area contributed by atoms with E-state index in [-0.39, 0.29) is 0 Å². The van der Waals surface area contributed by atoms with Crippen LogP contribution in [0.25, 0.3) is 0 Å². The number of nitrogens with two attached hydrogens (primary N) is 1. The van der Waals surface area contributed by atoms with Crippen LogP contribution in [0.2, 0.25) is 0 Å². The molecule has 0 bridgehead atoms. The first-order chi connectivity index (χ1) is 15.5. The number of fused-ring (bicyclic) bond motifs is 2. The van der Waals surface area contributed by atoms with Crippen molar-refractivity contribution < 1.29 is 0 Å². The predicted molar refractivity (Wildman–Crippen MR) is 149 cm³/mol. The maximum absolute atomic E-state index is 4.50. The zero-order chi connectivity index (χ0) is 24.1. The van der Waals surface area contributed by atoms with Gasteiger partial charge in [0.05, 0.1) is 6.04 Å². The second-order valence-corrected chi connectivity index (χ2v) is 9.80. The molecule has 2 heterocycles. The second-order valence-electron chi connectivity index (χ2n) is 8.03. The summed E-state index contributed by atoms with van der Waals surface area (Å²) in [5.74, 6) is 1.27. The van der Waals surface area contributed by atoms with Gasteiger partial charge in [-0.25, -0.2) is 0 Å². The van der Waals surface area contributed by atoms with Gasteiger partial charge in [0.2, 0.25) is 0 Å². The van der Waals surface area contributed by atoms with Gasteiger partial charge in [0.25, 0.3) is 0 Å². The smallest absolute Gasteiger partial charge is 0.0543 e. The molecule has 1 saturated heterocycles. The van der Waals surface area contributed by atoms with E-state index in [1.807, 2.05) is 7.05 Å². The number of piperidine rings is 1. The van der Waals surface area contributed by atoms with E-state index < -0.39 is 0 Å². The van der Waals surface area contributed by atoms with Gasteiger partial charge in [0.15, 0.2) is 0 Å². The lowest BCUT2D eigenvalue weighted by molar-refractivity contribution is 0.287. The number of nitrogens with one attached hydrogen (secondary N) is 3. The molecule has 3 aliphatic rings. The third-order valence-corrected chi connectivity index (χ3v) is 7.22. The molecule has 5 N–H and O–H groups in total. The van der Waals surface area contributed by atoms with Crippen LogP contribution in [0.4, 0.5) is 0 Å². The third kappa shape index (κ3) is 7.84. The lowest BCUT2D eigenvalue weighted by Gasteiger charge is -2.39. The minimum atomic E-state index is 0.426. The van der Waals surface area contributed by atoms with Gasteiger partial charge in [-0.3, -0.25) is 0 Å². The molecule has 4 rings (SSSR count). The molecule has 2 atom stereocenters. The van der Waals surface area contributed by atoms with E-state index in [1.165, 1.54) is 34.4 Å². The summed E-state index contributed by atoms with van der Waals surface area (Å²) in [6.45, 7) is 13.6. The van der Waals surface area contributed by atoms with Crippen LogP contribution >= 0.6 is 31.9 Å². The number of hydrogen-bond donors (Lipinski definition) is 4. The minimum absolute atomic E-state index is 0.426. The number of aryl methyl sites for hydroxylation is 2. The monoisotopic (exact) mass is 568 g/mol. The van der Waals surface area contributed by atoms with Gasteiger partial charge in [0.1, 0.15) is 0 Å². The molecule has 0 radical (unpaired) electrons. The number of dihydropyridines is 1. The van der Waals surface area contributed by atoms with Crippen LogP contribution in [-0.4, -0.2) is 39.8 Å². The Morgan fingerprint density at radius 1 is 1.12 bits per heavy atom. The molecule has 1 aliphatic carbocycles. The Balaban J connectivity index is 0.000000568. The van der Waals surface area contributed by atoms with E-state index >= 15 is 0 Å². The molecule has 6 heteroatoms.